The molecule has 5 aromatic carbocycles. The molecule has 5 aromatic rings. The Kier molecular flexibility index (Phi) is 10.1. The number of alkyl halides is 6. The van der Waals surface area contributed by atoms with Crippen molar-refractivity contribution in [2.45, 2.75) is 52.1 Å². The molecule has 0 bridgehead atoms. The van der Waals surface area contributed by atoms with E-state index in [1.807, 2.05) is 54.6 Å². The first-order valence-corrected chi connectivity index (χ1v) is 16.3. The normalized spacial score (nSPS) is 13.6. The molecule has 2 aliphatic heterocycles. The summed E-state index contributed by atoms with van der Waals surface area (Å²) in [5.74, 6) is -3.20. The molecule has 0 aliphatic carbocycles. The van der Waals surface area contributed by atoms with Gasteiger partial charge in [0.25, 0.3) is 11.8 Å². The van der Waals surface area contributed by atoms with Gasteiger partial charge in [-0.1, -0.05) is 78.9 Å². The minimum atomic E-state index is -4.82. The largest absolute Gasteiger partial charge is 0.507 e. The molecule has 0 fully saturated rings. The number of carbonyl (C=O) groups excluding carboxylic acids is 2. The number of phenols is 2. The second kappa shape index (κ2) is 14.6. The number of nitrogens with zero attached hydrogens (tertiary/aromatic N) is 2. The Labute approximate surface area is 300 Å². The highest BCUT2D eigenvalue weighted by Crippen LogP contribution is 2.41. The Balaban J connectivity index is 0.000000188. The van der Waals surface area contributed by atoms with E-state index in [2.05, 4.69) is 0 Å². The number of fused-ring (bicyclic) bond motifs is 2. The van der Waals surface area contributed by atoms with Crippen LogP contribution in [-0.4, -0.2) is 31.8 Å². The zero-order valence-corrected chi connectivity index (χ0v) is 28.1. The summed E-state index contributed by atoms with van der Waals surface area (Å²) in [5.41, 5.74) is 2.34. The van der Waals surface area contributed by atoms with Crippen molar-refractivity contribution >= 4 is 11.8 Å². The van der Waals surface area contributed by atoms with Gasteiger partial charge < -0.3 is 24.7 Å². The minimum absolute atomic E-state index is 0.0120. The molecule has 0 saturated carbocycles. The summed E-state index contributed by atoms with van der Waals surface area (Å²) in [6.07, 6.45) is -9.45. The van der Waals surface area contributed by atoms with Crippen molar-refractivity contribution in [2.24, 2.45) is 0 Å². The summed E-state index contributed by atoms with van der Waals surface area (Å²) < 4.78 is 85.3. The molecule has 2 heterocycles. The maximum atomic E-state index is 13.7. The smallest absolute Gasteiger partial charge is 0.419 e. The van der Waals surface area contributed by atoms with E-state index in [9.17, 15) is 46.1 Å². The van der Waals surface area contributed by atoms with Crippen LogP contribution in [-0.2, 0) is 45.1 Å². The van der Waals surface area contributed by atoms with Crippen molar-refractivity contribution in [2.75, 3.05) is 0 Å². The van der Waals surface area contributed by atoms with Crippen molar-refractivity contribution in [3.63, 3.8) is 0 Å². The van der Waals surface area contributed by atoms with E-state index in [1.165, 1.54) is 11.0 Å². The molecule has 274 valence electrons. The van der Waals surface area contributed by atoms with Crippen molar-refractivity contribution in [1.29, 1.82) is 0 Å². The first kappa shape index (κ1) is 36.8. The number of rotatable bonds is 5. The molecule has 2 amide bonds. The molecule has 0 aromatic heterocycles. The number of phenolic OH excluding ortho intramolecular Hbond substituents is 2. The molecule has 0 radical (unpaired) electrons. The summed E-state index contributed by atoms with van der Waals surface area (Å²) in [6.45, 7) is 2.95. The van der Waals surface area contributed by atoms with Crippen LogP contribution >= 0.6 is 0 Å². The van der Waals surface area contributed by atoms with Crippen LogP contribution in [0.25, 0.3) is 0 Å². The quantitative estimate of drug-likeness (QED) is 0.176. The number of carbonyl (C=O) groups is 2. The van der Waals surface area contributed by atoms with Crippen LogP contribution in [0, 0.1) is 6.92 Å². The van der Waals surface area contributed by atoms with Crippen LogP contribution in [0.5, 0.6) is 17.2 Å². The molecule has 0 unspecified atom stereocenters. The Morgan fingerprint density at radius 2 is 1.04 bits per heavy atom. The van der Waals surface area contributed by atoms with Gasteiger partial charge in [0.05, 0.1) is 16.7 Å². The van der Waals surface area contributed by atoms with Gasteiger partial charge in [-0.3, -0.25) is 9.59 Å². The van der Waals surface area contributed by atoms with Gasteiger partial charge in [-0.25, -0.2) is 0 Å². The van der Waals surface area contributed by atoms with Crippen LogP contribution in [0.1, 0.15) is 65.2 Å². The maximum Gasteiger partial charge on any atom is 0.419 e. The molecule has 0 atom stereocenters. The third kappa shape index (κ3) is 8.09. The van der Waals surface area contributed by atoms with Crippen molar-refractivity contribution in [3.05, 3.63) is 159 Å². The molecule has 13 heteroatoms. The summed E-state index contributed by atoms with van der Waals surface area (Å²) in [4.78, 5) is 28.4. The highest BCUT2D eigenvalue weighted by molar-refractivity contribution is 5.98. The van der Waals surface area contributed by atoms with E-state index in [-0.39, 0.29) is 31.0 Å². The molecule has 2 N–H and O–H groups in total. The summed E-state index contributed by atoms with van der Waals surface area (Å²) in [5, 5.41) is 19.1. The number of aryl methyl sites for hydroxylation is 1. The fourth-order valence-corrected chi connectivity index (χ4v) is 6.26. The lowest BCUT2D eigenvalue weighted by Gasteiger charge is -2.20. The van der Waals surface area contributed by atoms with E-state index in [4.69, 9.17) is 4.74 Å². The molecule has 7 rings (SSSR count). The minimum Gasteiger partial charge on any atom is -0.507 e. The number of halogens is 6. The number of benzene rings is 5. The number of hydrogen-bond donors (Lipinski definition) is 2. The van der Waals surface area contributed by atoms with Crippen LogP contribution in [0.3, 0.4) is 0 Å². The average Bonchev–Trinajstić information content (AvgIpc) is 3.75. The second-order valence-electron chi connectivity index (χ2n) is 12.7. The van der Waals surface area contributed by atoms with Gasteiger partial charge in [-0.15, -0.1) is 0 Å². The van der Waals surface area contributed by atoms with Gasteiger partial charge >= 0.3 is 12.4 Å². The zero-order chi connectivity index (χ0) is 38.1. The van der Waals surface area contributed by atoms with Crippen LogP contribution in [0.15, 0.2) is 103 Å². The van der Waals surface area contributed by atoms with E-state index in [0.29, 0.717) is 30.8 Å². The lowest BCUT2D eigenvalue weighted by atomic mass is 10.0. The second-order valence-corrected chi connectivity index (χ2v) is 12.7. The topological polar surface area (TPSA) is 90.3 Å². The standard InChI is InChI=1S/C24H20F3NO2.C16H12F3NO3/c1-16-11-22(30-15-17-7-3-2-4-8-17)21(24(25,26)27)12-20(16)23(29)28-13-18-9-5-6-10-19(18)14-28;17-16(18,19)12-5-11(13(21)6-14(12)22)15(23)20-7-9-3-1-2-4-10(9)8-20/h2-12H,13-15H2,1H3;1-6,21-22H,7-8H2. The SMILES string of the molecule is Cc1cc(OCc2ccccc2)c(C(F)(F)F)cc1C(=O)N1Cc2ccccc2C1.O=C(c1cc(C(F)(F)F)c(O)cc1O)N1Cc2ccccc2C1. The van der Waals surface area contributed by atoms with Crippen molar-refractivity contribution in [1.82, 2.24) is 9.80 Å². The van der Waals surface area contributed by atoms with Crippen LogP contribution in [0.2, 0.25) is 0 Å². The Hall–Kier alpha value is -5.98. The third-order valence-electron chi connectivity index (χ3n) is 9.01. The Morgan fingerprint density at radius 1 is 0.604 bits per heavy atom. The molecule has 0 spiro atoms. The molecule has 2 aliphatic rings. The number of aromatic hydroxyl groups is 2. The summed E-state index contributed by atoms with van der Waals surface area (Å²) in [7, 11) is 0. The molecular weight excluding hydrogens is 702 g/mol. The highest BCUT2D eigenvalue weighted by atomic mass is 19.4. The van der Waals surface area contributed by atoms with E-state index < -0.39 is 52.4 Å². The van der Waals surface area contributed by atoms with Gasteiger partial charge in [0.2, 0.25) is 0 Å². The summed E-state index contributed by atoms with van der Waals surface area (Å²) in [6, 6.07) is 27.1. The maximum absolute atomic E-state index is 13.7. The van der Waals surface area contributed by atoms with Gasteiger partial charge in [0.1, 0.15) is 23.9 Å². The van der Waals surface area contributed by atoms with Gasteiger partial charge in [0.15, 0.2) is 0 Å². The number of hydrogen-bond acceptors (Lipinski definition) is 5. The predicted molar refractivity (Wildman–Crippen MR) is 182 cm³/mol. The van der Waals surface area contributed by atoms with Gasteiger partial charge in [-0.05, 0) is 58.5 Å². The highest BCUT2D eigenvalue weighted by Gasteiger charge is 2.38. The van der Waals surface area contributed by atoms with E-state index in [1.54, 1.807) is 36.1 Å². The average molecular weight is 735 g/mol. The fourth-order valence-electron chi connectivity index (χ4n) is 6.26. The van der Waals surface area contributed by atoms with Gasteiger partial charge in [-0.2, -0.15) is 26.3 Å². The third-order valence-corrected chi connectivity index (χ3v) is 9.01. The Bertz CT molecular complexity index is 2120. The van der Waals surface area contributed by atoms with Crippen LogP contribution in [0.4, 0.5) is 26.3 Å². The zero-order valence-electron chi connectivity index (χ0n) is 28.1. The molecule has 7 nitrogen and oxygen atoms in total. The van der Waals surface area contributed by atoms with Gasteiger partial charge in [0, 0.05) is 37.8 Å². The summed E-state index contributed by atoms with van der Waals surface area (Å²) >= 11 is 0. The fraction of sp³-hybridized carbons (Fsp3) is 0.200. The first-order valence-electron chi connectivity index (χ1n) is 16.3. The predicted octanol–water partition coefficient (Wildman–Crippen LogP) is 9.02. The van der Waals surface area contributed by atoms with Crippen molar-refractivity contribution in [3.8, 4) is 17.2 Å². The molecule has 0 saturated heterocycles. The first-order chi connectivity index (χ1) is 25.1. The van der Waals surface area contributed by atoms with Crippen molar-refractivity contribution < 1.29 is 50.9 Å². The van der Waals surface area contributed by atoms with E-state index in [0.717, 1.165) is 33.9 Å². The molecular formula is C40H32F6N2O5. The lowest BCUT2D eigenvalue weighted by Crippen LogP contribution is -2.26. The van der Waals surface area contributed by atoms with E-state index >= 15 is 0 Å². The monoisotopic (exact) mass is 734 g/mol. The number of ether oxygens (including phenoxy) is 1. The lowest BCUT2D eigenvalue weighted by molar-refractivity contribution is -0.139. The number of amides is 2. The Morgan fingerprint density at radius 3 is 1.51 bits per heavy atom. The molecule has 53 heavy (non-hydrogen) atoms. The van der Waals surface area contributed by atoms with Crippen LogP contribution < -0.4 is 4.74 Å².